The third kappa shape index (κ3) is 6.61. The van der Waals surface area contributed by atoms with Gasteiger partial charge in [-0.05, 0) is 42.5 Å². The summed E-state index contributed by atoms with van der Waals surface area (Å²) in [7, 11) is 2.85. The van der Waals surface area contributed by atoms with Gasteiger partial charge in [-0.3, -0.25) is 14.2 Å². The van der Waals surface area contributed by atoms with Gasteiger partial charge < -0.3 is 24.5 Å². The van der Waals surface area contributed by atoms with Crippen molar-refractivity contribution < 1.29 is 33.0 Å². The normalized spacial score (nSPS) is 11.9. The van der Waals surface area contributed by atoms with Crippen LogP contribution in [0.1, 0.15) is 34.9 Å². The number of anilines is 1. The molecule has 4 aromatic rings. The molecule has 1 amide bonds. The minimum atomic E-state index is -2.77. The number of hydrogen-bond acceptors (Lipinski definition) is 6. The number of carboxylic acid groups (broad SMARTS) is 1. The monoisotopic (exact) mass is 586 g/mol. The molecule has 2 aromatic carbocycles. The summed E-state index contributed by atoms with van der Waals surface area (Å²) in [5, 5.41) is 12.1. The first-order valence-corrected chi connectivity index (χ1v) is 12.6. The number of methoxy groups -OCH3 is 2. The van der Waals surface area contributed by atoms with E-state index >= 15 is 0 Å². The first-order valence-electron chi connectivity index (χ1n) is 12.2. The number of benzene rings is 2. The molecular weight excluding hydrogens is 562 g/mol. The maximum absolute atomic E-state index is 13.5. The van der Waals surface area contributed by atoms with Gasteiger partial charge >= 0.3 is 5.97 Å². The van der Waals surface area contributed by atoms with Crippen molar-refractivity contribution in [2.24, 2.45) is 0 Å². The van der Waals surface area contributed by atoms with E-state index in [0.717, 1.165) is 0 Å². The number of alkyl halides is 2. The molecule has 0 fully saturated rings. The molecule has 0 spiro atoms. The maximum atomic E-state index is 13.5. The fourth-order valence-corrected chi connectivity index (χ4v) is 4.40. The van der Waals surface area contributed by atoms with Crippen LogP contribution in [-0.4, -0.2) is 51.9 Å². The highest BCUT2D eigenvalue weighted by atomic mass is 35.5. The van der Waals surface area contributed by atoms with Gasteiger partial charge in [0.25, 0.3) is 12.0 Å². The molecule has 0 aliphatic heterocycles. The first kappa shape index (κ1) is 29.4. The molecule has 0 saturated carbocycles. The summed E-state index contributed by atoms with van der Waals surface area (Å²) in [6, 6.07) is 10.6. The molecule has 4 rings (SSSR count). The molecular formula is C28H25ClF2N4O6. The molecule has 10 nitrogen and oxygen atoms in total. The number of hydrogen-bond donors (Lipinski definition) is 2. The van der Waals surface area contributed by atoms with E-state index in [4.69, 9.17) is 26.2 Å². The molecule has 41 heavy (non-hydrogen) atoms. The SMILES string of the molecule is COCCC(C(=O)Nc1ccc(C(=O)O)cc1)n1cc(OC)c(-c2cc(Cl)ccc2-n2cnc(C(F)F)c2)cc1=O. The third-order valence-electron chi connectivity index (χ3n) is 6.25. The van der Waals surface area contributed by atoms with Gasteiger partial charge in [0, 0.05) is 54.2 Å². The number of aromatic nitrogens is 3. The molecule has 0 aliphatic rings. The van der Waals surface area contributed by atoms with E-state index in [9.17, 15) is 23.2 Å². The van der Waals surface area contributed by atoms with Gasteiger partial charge in [0.15, 0.2) is 0 Å². The lowest BCUT2D eigenvalue weighted by atomic mass is 10.0. The van der Waals surface area contributed by atoms with Crippen LogP contribution in [0.5, 0.6) is 5.75 Å². The van der Waals surface area contributed by atoms with Gasteiger partial charge in [-0.2, -0.15) is 0 Å². The Hall–Kier alpha value is -4.55. The van der Waals surface area contributed by atoms with Crippen molar-refractivity contribution in [1.82, 2.24) is 14.1 Å². The zero-order valence-electron chi connectivity index (χ0n) is 21.9. The summed E-state index contributed by atoms with van der Waals surface area (Å²) < 4.78 is 39.7. The molecule has 0 saturated heterocycles. The number of imidazole rings is 1. The summed E-state index contributed by atoms with van der Waals surface area (Å²) in [4.78, 5) is 41.6. The zero-order chi connectivity index (χ0) is 29.7. The highest BCUT2D eigenvalue weighted by molar-refractivity contribution is 6.31. The minimum Gasteiger partial charge on any atom is -0.495 e. The van der Waals surface area contributed by atoms with E-state index in [-0.39, 0.29) is 24.3 Å². The Morgan fingerprint density at radius 1 is 1.07 bits per heavy atom. The fraction of sp³-hybridized carbons (Fsp3) is 0.214. The lowest BCUT2D eigenvalue weighted by Crippen LogP contribution is -2.34. The van der Waals surface area contributed by atoms with Crippen LogP contribution in [0.15, 0.2) is 72.0 Å². The smallest absolute Gasteiger partial charge is 0.335 e. The molecule has 2 aromatic heterocycles. The van der Waals surface area contributed by atoms with E-state index in [1.807, 2.05) is 0 Å². The van der Waals surface area contributed by atoms with Crippen LogP contribution >= 0.6 is 11.6 Å². The second-order valence-corrected chi connectivity index (χ2v) is 9.27. The van der Waals surface area contributed by atoms with Crippen molar-refractivity contribution >= 4 is 29.2 Å². The number of ether oxygens (including phenoxy) is 2. The van der Waals surface area contributed by atoms with Crippen molar-refractivity contribution in [3.8, 4) is 22.6 Å². The number of nitrogens with zero attached hydrogens (tertiary/aromatic N) is 3. The Kier molecular flexibility index (Phi) is 9.15. The molecule has 0 aliphatic carbocycles. The number of carboxylic acids is 1. The van der Waals surface area contributed by atoms with Gasteiger partial charge in [-0.1, -0.05) is 11.6 Å². The Bertz CT molecular complexity index is 1620. The fourth-order valence-electron chi connectivity index (χ4n) is 4.22. The number of nitrogens with one attached hydrogen (secondary N) is 1. The minimum absolute atomic E-state index is 0.0528. The van der Waals surface area contributed by atoms with Crippen molar-refractivity contribution in [3.05, 3.63) is 93.9 Å². The molecule has 2 N–H and O–H groups in total. The van der Waals surface area contributed by atoms with Crippen molar-refractivity contribution in [2.45, 2.75) is 18.9 Å². The summed E-state index contributed by atoms with van der Waals surface area (Å²) in [5.41, 5.74) is 0.564. The predicted molar refractivity (Wildman–Crippen MR) is 147 cm³/mol. The first-order chi connectivity index (χ1) is 19.6. The molecule has 1 unspecified atom stereocenters. The molecule has 2 heterocycles. The molecule has 0 radical (unpaired) electrons. The van der Waals surface area contributed by atoms with Crippen LogP contribution in [0.3, 0.4) is 0 Å². The average Bonchev–Trinajstić information content (AvgIpc) is 3.44. The van der Waals surface area contributed by atoms with Crippen molar-refractivity contribution in [1.29, 1.82) is 0 Å². The summed E-state index contributed by atoms with van der Waals surface area (Å²) >= 11 is 6.26. The van der Waals surface area contributed by atoms with Gasteiger partial charge in [0.05, 0.1) is 30.9 Å². The van der Waals surface area contributed by atoms with Gasteiger partial charge in [0.2, 0.25) is 5.91 Å². The summed E-state index contributed by atoms with van der Waals surface area (Å²) in [6.07, 6.45) is 1.16. The quantitative estimate of drug-likeness (QED) is 0.247. The second-order valence-electron chi connectivity index (χ2n) is 8.84. The molecule has 13 heteroatoms. The largest absolute Gasteiger partial charge is 0.495 e. The average molecular weight is 587 g/mol. The Morgan fingerprint density at radius 3 is 2.41 bits per heavy atom. The highest BCUT2D eigenvalue weighted by Crippen LogP contribution is 2.36. The number of aromatic carboxylic acids is 1. The molecule has 0 bridgehead atoms. The van der Waals surface area contributed by atoms with Gasteiger partial charge in [-0.25, -0.2) is 18.6 Å². The lowest BCUT2D eigenvalue weighted by molar-refractivity contribution is -0.119. The number of amides is 1. The van der Waals surface area contributed by atoms with Gasteiger partial charge in [-0.15, -0.1) is 0 Å². The van der Waals surface area contributed by atoms with Crippen LogP contribution in [-0.2, 0) is 9.53 Å². The summed E-state index contributed by atoms with van der Waals surface area (Å²) in [6.45, 7) is 0.151. The summed E-state index contributed by atoms with van der Waals surface area (Å²) in [5.74, 6) is -1.43. The molecule has 1 atom stereocenters. The van der Waals surface area contributed by atoms with Crippen molar-refractivity contribution in [3.63, 3.8) is 0 Å². The van der Waals surface area contributed by atoms with Crippen LogP contribution in [0.4, 0.5) is 14.5 Å². The standard InChI is InChI=1S/C28H25ClF2N4O6/c1-40-10-9-23(27(37)33-18-6-3-16(4-7-18)28(38)39)35-14-24(41-2)20(12-25(35)36)19-11-17(29)5-8-22(19)34-13-21(26(30)31)32-15-34/h3-8,11-15,23,26H,9-10H2,1-2H3,(H,33,37)(H,38,39). The number of halogens is 3. The Morgan fingerprint density at radius 2 is 1.80 bits per heavy atom. The van der Waals surface area contributed by atoms with Gasteiger partial charge in [0.1, 0.15) is 17.5 Å². The van der Waals surface area contributed by atoms with Crippen LogP contribution in [0.25, 0.3) is 16.8 Å². The third-order valence-corrected chi connectivity index (χ3v) is 6.49. The van der Waals surface area contributed by atoms with E-state index in [1.54, 1.807) is 18.2 Å². The van der Waals surface area contributed by atoms with Crippen molar-refractivity contribution in [2.75, 3.05) is 26.1 Å². The van der Waals surface area contributed by atoms with Crippen LogP contribution in [0, 0.1) is 0 Å². The van der Waals surface area contributed by atoms with Crippen LogP contribution in [0.2, 0.25) is 5.02 Å². The zero-order valence-corrected chi connectivity index (χ0v) is 22.6. The van der Waals surface area contributed by atoms with E-state index in [2.05, 4.69) is 10.3 Å². The van der Waals surface area contributed by atoms with E-state index in [1.165, 1.54) is 72.4 Å². The Labute approximate surface area is 237 Å². The lowest BCUT2D eigenvalue weighted by Gasteiger charge is -2.22. The van der Waals surface area contributed by atoms with E-state index < -0.39 is 35.6 Å². The Balaban J connectivity index is 1.75. The van der Waals surface area contributed by atoms with E-state index in [0.29, 0.717) is 27.5 Å². The number of rotatable bonds is 11. The molecule has 214 valence electrons. The predicted octanol–water partition coefficient (Wildman–Crippen LogP) is 5.22. The number of carbonyl (C=O) groups excluding carboxylic acids is 1. The topological polar surface area (TPSA) is 125 Å². The highest BCUT2D eigenvalue weighted by Gasteiger charge is 2.25. The number of carbonyl (C=O) groups is 2. The number of pyridine rings is 1. The van der Waals surface area contributed by atoms with Crippen LogP contribution < -0.4 is 15.6 Å². The maximum Gasteiger partial charge on any atom is 0.335 e. The second kappa shape index (κ2) is 12.7.